The highest BCUT2D eigenvalue weighted by atomic mass is 16.8. The molecule has 356 valence electrons. The Morgan fingerprint density at radius 3 is 1.15 bits per heavy atom. The van der Waals surface area contributed by atoms with Crippen molar-refractivity contribution in [2.24, 2.45) is 5.73 Å². The molecule has 61 heavy (non-hydrogen) atoms. The van der Waals surface area contributed by atoms with Crippen LogP contribution in [0.2, 0.25) is 0 Å². The van der Waals surface area contributed by atoms with Crippen molar-refractivity contribution < 1.29 is 134 Å². The van der Waals surface area contributed by atoms with E-state index < -0.39 is 186 Å². The Bertz CT molecular complexity index is 1350. The van der Waals surface area contributed by atoms with Crippen molar-refractivity contribution in [3.63, 3.8) is 0 Å². The summed E-state index contributed by atoms with van der Waals surface area (Å²) < 4.78 is 54.7. The predicted octanol–water partition coefficient (Wildman–Crippen LogP) is -11.5. The van der Waals surface area contributed by atoms with Gasteiger partial charge in [-0.3, -0.25) is 0 Å². The molecule has 5 fully saturated rings. The molecule has 5 aliphatic rings. The maximum absolute atomic E-state index is 12.4. The molecule has 0 aromatic carbocycles. The average molecular weight is 900 g/mol. The van der Waals surface area contributed by atoms with E-state index in [0.717, 1.165) is 0 Å². The van der Waals surface area contributed by atoms with Crippen LogP contribution in [-0.4, -0.2) is 281 Å². The normalized spacial score (nSPS) is 49.7. The molecule has 5 heterocycles. The second kappa shape index (κ2) is 22.1. The maximum atomic E-state index is 12.4. The molecular formula is C33H57NO27. The van der Waals surface area contributed by atoms with Crippen molar-refractivity contribution in [2.45, 2.75) is 160 Å². The lowest BCUT2D eigenvalue weighted by atomic mass is 9.95. The Labute approximate surface area is 345 Å². The standard InChI is InChI=1S/C33H57NO27/c34-2-1-3-52-29-19(46)14(41)23(9(5-36)54-29)59-33-22(49)17(44)26(27(61-33)28(50)51)60-32-21(48)16(43)25(11(7-38)56-32)58-31-20(47)15(42)24(10(6-37)55-31)57-30-18(45)13(40)12(39)8(4-35)53-30/h8-27,29-33,35-49H,1-7,34H2,(H,50,51)/t8?,9?,10?,11?,12-,13+,14-,15-,16-,17-,18?,19?,20?,21?,22?,23-,24-,25+,26+,27?,29-,30+,31-,32-,33-/m1/s1. The molecule has 0 amide bonds. The first-order chi connectivity index (χ1) is 28.9. The third-order valence-corrected chi connectivity index (χ3v) is 10.9. The fraction of sp³-hybridized carbons (Fsp3) is 0.970. The van der Waals surface area contributed by atoms with Crippen molar-refractivity contribution in [3.8, 4) is 0 Å². The zero-order chi connectivity index (χ0) is 45.0. The number of carboxylic acid groups (broad SMARTS) is 1. The number of aliphatic hydroxyl groups excluding tert-OH is 15. The van der Waals surface area contributed by atoms with Gasteiger partial charge in [-0.05, 0) is 13.0 Å². The number of hydrogen-bond acceptors (Lipinski definition) is 27. The molecule has 0 aromatic rings. The van der Waals surface area contributed by atoms with E-state index in [1.807, 2.05) is 0 Å². The SMILES string of the molecule is NCCCO[C@@H]1OC(CO)[C@@H](O[C@@H]2OC(C(=O)O)[C@@H](O[C@H]3OC(CO)[C@H](O[C@H]4OC(CO)[C@@H](O[C@@H]5OC(CO)[C@@H](O)[C@H](O)C5O)[C@H](O)C4O)[C@H](O)C3O)[C@H](O)C2O)[C@H](O)C1O. The molecular weight excluding hydrogens is 842 g/mol. The summed E-state index contributed by atoms with van der Waals surface area (Å²) in [7, 11) is 0. The zero-order valence-corrected chi connectivity index (χ0v) is 32.1. The second-order valence-corrected chi connectivity index (χ2v) is 15.0. The van der Waals surface area contributed by atoms with Crippen molar-refractivity contribution in [1.29, 1.82) is 0 Å². The Morgan fingerprint density at radius 2 is 0.754 bits per heavy atom. The first-order valence-electron chi connectivity index (χ1n) is 19.3. The summed E-state index contributed by atoms with van der Waals surface area (Å²) in [6, 6.07) is 0. The van der Waals surface area contributed by atoms with Crippen LogP contribution < -0.4 is 5.73 Å². The molecule has 28 heteroatoms. The number of carboxylic acids is 1. The maximum Gasteiger partial charge on any atom is 0.335 e. The van der Waals surface area contributed by atoms with Crippen LogP contribution in [0.4, 0.5) is 0 Å². The van der Waals surface area contributed by atoms with Gasteiger partial charge in [0, 0.05) is 0 Å². The van der Waals surface area contributed by atoms with Crippen molar-refractivity contribution in [3.05, 3.63) is 0 Å². The van der Waals surface area contributed by atoms with Crippen LogP contribution in [0.25, 0.3) is 0 Å². The van der Waals surface area contributed by atoms with Crippen molar-refractivity contribution in [1.82, 2.24) is 0 Å². The Kier molecular flexibility index (Phi) is 18.3. The van der Waals surface area contributed by atoms with Gasteiger partial charge in [-0.25, -0.2) is 4.79 Å². The topological polar surface area (TPSA) is 459 Å². The van der Waals surface area contributed by atoms with E-state index >= 15 is 0 Å². The van der Waals surface area contributed by atoms with E-state index in [-0.39, 0.29) is 13.2 Å². The minimum Gasteiger partial charge on any atom is -0.479 e. The molecule has 0 radical (unpaired) electrons. The minimum atomic E-state index is -2.26. The summed E-state index contributed by atoms with van der Waals surface area (Å²) in [6.07, 6.45) is -47.3. The first-order valence-corrected chi connectivity index (χ1v) is 19.3. The van der Waals surface area contributed by atoms with E-state index in [1.165, 1.54) is 0 Å². The highest BCUT2D eigenvalue weighted by molar-refractivity contribution is 5.73. The summed E-state index contributed by atoms with van der Waals surface area (Å²) in [6.45, 7) is -3.42. The summed E-state index contributed by atoms with van der Waals surface area (Å²) >= 11 is 0. The summed E-state index contributed by atoms with van der Waals surface area (Å²) in [5, 5.41) is 168. The minimum absolute atomic E-state index is 0.0129. The van der Waals surface area contributed by atoms with Crippen LogP contribution in [0, 0.1) is 0 Å². The number of carbonyl (C=O) groups is 1. The zero-order valence-electron chi connectivity index (χ0n) is 32.1. The molecule has 18 N–H and O–H groups in total. The summed E-state index contributed by atoms with van der Waals surface area (Å²) in [5.41, 5.74) is 5.42. The van der Waals surface area contributed by atoms with Gasteiger partial charge in [0.1, 0.15) is 116 Å². The van der Waals surface area contributed by atoms with Crippen molar-refractivity contribution >= 4 is 5.97 Å². The number of hydrogen-bond donors (Lipinski definition) is 17. The van der Waals surface area contributed by atoms with Gasteiger partial charge in [0.2, 0.25) is 0 Å². The van der Waals surface area contributed by atoms with Gasteiger partial charge in [-0.1, -0.05) is 0 Å². The molecule has 5 aliphatic heterocycles. The monoisotopic (exact) mass is 899 g/mol. The Morgan fingerprint density at radius 1 is 0.426 bits per heavy atom. The van der Waals surface area contributed by atoms with E-state index in [0.29, 0.717) is 6.42 Å². The van der Waals surface area contributed by atoms with Crippen LogP contribution in [0.15, 0.2) is 0 Å². The van der Waals surface area contributed by atoms with Gasteiger partial charge in [0.05, 0.1) is 33.0 Å². The fourth-order valence-electron chi connectivity index (χ4n) is 7.41. The second-order valence-electron chi connectivity index (χ2n) is 15.0. The number of nitrogens with two attached hydrogens (primary N) is 1. The van der Waals surface area contributed by atoms with Gasteiger partial charge >= 0.3 is 5.97 Å². The number of ether oxygens (including phenoxy) is 10. The van der Waals surface area contributed by atoms with Gasteiger partial charge in [0.25, 0.3) is 0 Å². The molecule has 5 saturated heterocycles. The van der Waals surface area contributed by atoms with Crippen LogP contribution in [0.5, 0.6) is 0 Å². The number of rotatable bonds is 17. The molecule has 28 nitrogen and oxygen atoms in total. The lowest BCUT2D eigenvalue weighted by Gasteiger charge is -2.49. The largest absolute Gasteiger partial charge is 0.479 e. The Hall–Kier alpha value is -1.57. The molecule has 0 aliphatic carbocycles. The lowest BCUT2D eigenvalue weighted by Crippen LogP contribution is -2.68. The number of aliphatic hydroxyl groups is 15. The van der Waals surface area contributed by atoms with E-state index in [2.05, 4.69) is 0 Å². The summed E-state index contributed by atoms with van der Waals surface area (Å²) in [4.78, 5) is 12.4. The van der Waals surface area contributed by atoms with Gasteiger partial charge in [-0.15, -0.1) is 0 Å². The van der Waals surface area contributed by atoms with Crippen LogP contribution in [0.1, 0.15) is 6.42 Å². The molecule has 25 atom stereocenters. The highest BCUT2D eigenvalue weighted by Gasteiger charge is 2.57. The molecule has 0 saturated carbocycles. The van der Waals surface area contributed by atoms with E-state index in [1.54, 1.807) is 0 Å². The average Bonchev–Trinajstić information content (AvgIpc) is 3.24. The molecule has 0 aromatic heterocycles. The molecule has 5 rings (SSSR count). The van der Waals surface area contributed by atoms with E-state index in [4.69, 9.17) is 53.1 Å². The third-order valence-electron chi connectivity index (χ3n) is 10.9. The van der Waals surface area contributed by atoms with Gasteiger partial charge < -0.3 is 135 Å². The number of aliphatic carboxylic acids is 1. The highest BCUT2D eigenvalue weighted by Crippen LogP contribution is 2.36. The van der Waals surface area contributed by atoms with Crippen LogP contribution in [-0.2, 0) is 52.2 Å². The quantitative estimate of drug-likeness (QED) is 0.0603. The van der Waals surface area contributed by atoms with Crippen molar-refractivity contribution in [2.75, 3.05) is 39.6 Å². The van der Waals surface area contributed by atoms with E-state index in [9.17, 15) is 86.5 Å². The van der Waals surface area contributed by atoms with Gasteiger partial charge in [-0.2, -0.15) is 0 Å². The predicted molar refractivity (Wildman–Crippen MR) is 184 cm³/mol. The van der Waals surface area contributed by atoms with Gasteiger partial charge in [0.15, 0.2) is 37.6 Å². The smallest absolute Gasteiger partial charge is 0.335 e. The molecule has 10 unspecified atom stereocenters. The lowest BCUT2D eigenvalue weighted by molar-refractivity contribution is -0.391. The molecule has 0 bridgehead atoms. The summed E-state index contributed by atoms with van der Waals surface area (Å²) in [5.74, 6) is -1.84. The van der Waals surface area contributed by atoms with Crippen LogP contribution in [0.3, 0.4) is 0 Å². The Balaban J connectivity index is 1.23. The first kappa shape index (κ1) is 50.4. The fourth-order valence-corrected chi connectivity index (χ4v) is 7.41. The third kappa shape index (κ3) is 10.8. The molecule has 0 spiro atoms. The van der Waals surface area contributed by atoms with Crippen LogP contribution >= 0.6 is 0 Å².